The average molecular weight is 233 g/mol. The van der Waals surface area contributed by atoms with Crippen LogP contribution in [0.15, 0.2) is 24.3 Å². The van der Waals surface area contributed by atoms with Crippen LogP contribution in [0.25, 0.3) is 0 Å². The zero-order chi connectivity index (χ0) is 11.0. The molecule has 0 radical (unpaired) electrons. The first-order chi connectivity index (χ1) is 7.84. The number of hydrogen-bond acceptors (Lipinski definition) is 2. The van der Waals surface area contributed by atoms with Crippen molar-refractivity contribution in [3.63, 3.8) is 0 Å². The van der Waals surface area contributed by atoms with Crippen molar-refractivity contribution in [3.05, 3.63) is 35.4 Å². The summed E-state index contributed by atoms with van der Waals surface area (Å²) in [4.78, 5) is 0. The predicted octanol–water partition coefficient (Wildman–Crippen LogP) is 2.90. The van der Waals surface area contributed by atoms with E-state index in [1.54, 1.807) is 5.56 Å². The van der Waals surface area contributed by atoms with Crippen molar-refractivity contribution in [2.45, 2.75) is 30.6 Å². The minimum absolute atomic E-state index is 0.349. The summed E-state index contributed by atoms with van der Waals surface area (Å²) in [5.41, 5.74) is 9.28. The lowest BCUT2D eigenvalue weighted by Gasteiger charge is -2.16. The molecule has 86 valence electrons. The number of nitrogens with two attached hydrogens (primary N) is 1. The van der Waals surface area contributed by atoms with Gasteiger partial charge in [-0.25, -0.2) is 0 Å². The van der Waals surface area contributed by atoms with Gasteiger partial charge in [0, 0.05) is 17.7 Å². The van der Waals surface area contributed by atoms with E-state index >= 15 is 0 Å². The molecule has 1 aliphatic carbocycles. The molecular weight excluding hydrogens is 214 g/mol. The van der Waals surface area contributed by atoms with Crippen LogP contribution in [0.5, 0.6) is 0 Å². The van der Waals surface area contributed by atoms with Crippen molar-refractivity contribution in [3.8, 4) is 0 Å². The van der Waals surface area contributed by atoms with Crippen LogP contribution in [0.2, 0.25) is 0 Å². The first-order valence-electron chi connectivity index (χ1n) is 6.22. The maximum Gasteiger partial charge on any atom is 0.00763 e. The maximum absolute atomic E-state index is 5.90. The highest BCUT2D eigenvalue weighted by molar-refractivity contribution is 7.99. The lowest BCUT2D eigenvalue weighted by Crippen LogP contribution is -2.19. The Morgan fingerprint density at radius 1 is 1.38 bits per heavy atom. The lowest BCUT2D eigenvalue weighted by molar-refractivity contribution is 0.698. The van der Waals surface area contributed by atoms with Crippen molar-refractivity contribution in [2.24, 2.45) is 5.73 Å². The first-order valence-corrected chi connectivity index (χ1v) is 7.38. The molecule has 2 heteroatoms. The van der Waals surface area contributed by atoms with Crippen LogP contribution in [-0.4, -0.2) is 18.1 Å². The zero-order valence-electron chi connectivity index (χ0n) is 9.61. The van der Waals surface area contributed by atoms with Gasteiger partial charge in [-0.05, 0) is 42.1 Å². The summed E-state index contributed by atoms with van der Waals surface area (Å²) in [6.07, 6.45) is 3.92. The fourth-order valence-electron chi connectivity index (χ4n) is 2.68. The van der Waals surface area contributed by atoms with Gasteiger partial charge >= 0.3 is 0 Å². The maximum atomic E-state index is 5.90. The minimum atomic E-state index is 0.349. The van der Waals surface area contributed by atoms with E-state index in [-0.39, 0.29) is 0 Å². The summed E-state index contributed by atoms with van der Waals surface area (Å²) in [7, 11) is 0. The Morgan fingerprint density at radius 3 is 2.88 bits per heavy atom. The topological polar surface area (TPSA) is 26.0 Å². The molecule has 1 unspecified atom stereocenters. The Bertz CT molecular complexity index is 378. The third-order valence-electron chi connectivity index (χ3n) is 4.14. The molecular formula is C14H19NS. The third kappa shape index (κ3) is 1.78. The average Bonchev–Trinajstić information content (AvgIpc) is 2.95. The van der Waals surface area contributed by atoms with E-state index in [9.17, 15) is 0 Å². The van der Waals surface area contributed by atoms with Crippen LogP contribution in [-0.2, 0) is 5.41 Å². The van der Waals surface area contributed by atoms with Crippen LogP contribution < -0.4 is 5.73 Å². The molecule has 0 spiro atoms. The highest BCUT2D eigenvalue weighted by Gasteiger charge is 2.42. The summed E-state index contributed by atoms with van der Waals surface area (Å²) < 4.78 is 0. The minimum Gasteiger partial charge on any atom is -0.330 e. The molecule has 1 heterocycles. The molecule has 1 saturated carbocycles. The van der Waals surface area contributed by atoms with Gasteiger partial charge in [0.2, 0.25) is 0 Å². The molecule has 1 aromatic carbocycles. The van der Waals surface area contributed by atoms with Gasteiger partial charge in [0.15, 0.2) is 0 Å². The normalized spacial score (nSPS) is 26.9. The highest BCUT2D eigenvalue weighted by atomic mass is 32.2. The second-order valence-corrected chi connectivity index (χ2v) is 6.32. The molecule has 1 nitrogen and oxygen atoms in total. The summed E-state index contributed by atoms with van der Waals surface area (Å²) >= 11 is 2.09. The fourth-order valence-corrected chi connectivity index (χ4v) is 3.94. The zero-order valence-corrected chi connectivity index (χ0v) is 10.4. The smallest absolute Gasteiger partial charge is 0.00763 e. The molecule has 0 amide bonds. The summed E-state index contributed by atoms with van der Waals surface area (Å²) in [6, 6.07) is 9.22. The van der Waals surface area contributed by atoms with Crippen LogP contribution in [0, 0.1) is 0 Å². The lowest BCUT2D eigenvalue weighted by atomic mass is 9.90. The van der Waals surface area contributed by atoms with Crippen molar-refractivity contribution in [1.82, 2.24) is 0 Å². The predicted molar refractivity (Wildman–Crippen MR) is 71.1 cm³/mol. The molecule has 2 N–H and O–H groups in total. The molecule has 16 heavy (non-hydrogen) atoms. The van der Waals surface area contributed by atoms with Crippen molar-refractivity contribution >= 4 is 11.8 Å². The second kappa shape index (κ2) is 4.08. The SMILES string of the molecule is NCC1(c2cccc(C3CCSC3)c2)CC1. The number of hydrogen-bond donors (Lipinski definition) is 1. The van der Waals surface area contributed by atoms with Crippen LogP contribution in [0.4, 0.5) is 0 Å². The molecule has 3 rings (SSSR count). The van der Waals surface area contributed by atoms with E-state index < -0.39 is 0 Å². The summed E-state index contributed by atoms with van der Waals surface area (Å²) in [5.74, 6) is 3.43. The van der Waals surface area contributed by atoms with E-state index in [0.29, 0.717) is 5.41 Å². The van der Waals surface area contributed by atoms with Crippen molar-refractivity contribution in [1.29, 1.82) is 0 Å². The van der Waals surface area contributed by atoms with Crippen LogP contribution in [0.3, 0.4) is 0 Å². The molecule has 2 fully saturated rings. The molecule has 0 aromatic heterocycles. The Hall–Kier alpha value is -0.470. The van der Waals surface area contributed by atoms with Crippen LogP contribution in [0.1, 0.15) is 36.3 Å². The van der Waals surface area contributed by atoms with Crippen molar-refractivity contribution < 1.29 is 0 Å². The van der Waals surface area contributed by atoms with Crippen LogP contribution >= 0.6 is 11.8 Å². The molecule has 1 aromatic rings. The molecule has 1 aliphatic heterocycles. The largest absolute Gasteiger partial charge is 0.330 e. The third-order valence-corrected chi connectivity index (χ3v) is 5.31. The Balaban J connectivity index is 1.87. The highest BCUT2D eigenvalue weighted by Crippen LogP contribution is 2.48. The molecule has 1 saturated heterocycles. The second-order valence-electron chi connectivity index (χ2n) is 5.17. The monoisotopic (exact) mass is 233 g/mol. The molecule has 0 bridgehead atoms. The molecule has 1 atom stereocenters. The van der Waals surface area contributed by atoms with E-state index in [0.717, 1.165) is 12.5 Å². The van der Waals surface area contributed by atoms with Gasteiger partial charge < -0.3 is 5.73 Å². The van der Waals surface area contributed by atoms with E-state index in [1.807, 2.05) is 0 Å². The number of benzene rings is 1. The van der Waals surface area contributed by atoms with Gasteiger partial charge in [-0.1, -0.05) is 24.3 Å². The van der Waals surface area contributed by atoms with E-state index in [4.69, 9.17) is 5.73 Å². The standard InChI is InChI=1S/C14H19NS/c15-10-14(5-6-14)13-3-1-2-11(8-13)12-4-7-16-9-12/h1-3,8,12H,4-7,9-10,15H2. The summed E-state index contributed by atoms with van der Waals surface area (Å²) in [6.45, 7) is 0.815. The van der Waals surface area contributed by atoms with Crippen molar-refractivity contribution in [2.75, 3.05) is 18.1 Å². The van der Waals surface area contributed by atoms with E-state index in [1.165, 1.54) is 36.3 Å². The van der Waals surface area contributed by atoms with Gasteiger partial charge in [0.1, 0.15) is 0 Å². The quantitative estimate of drug-likeness (QED) is 0.868. The number of rotatable bonds is 3. The summed E-state index contributed by atoms with van der Waals surface area (Å²) in [5, 5.41) is 0. The fraction of sp³-hybridized carbons (Fsp3) is 0.571. The van der Waals surface area contributed by atoms with Gasteiger partial charge in [-0.15, -0.1) is 0 Å². The van der Waals surface area contributed by atoms with Gasteiger partial charge in [0.05, 0.1) is 0 Å². The molecule has 2 aliphatic rings. The Morgan fingerprint density at radius 2 is 2.25 bits per heavy atom. The van der Waals surface area contributed by atoms with E-state index in [2.05, 4.69) is 36.0 Å². The Kier molecular flexibility index (Phi) is 2.72. The Labute approximate surface area is 102 Å². The van der Waals surface area contributed by atoms with Gasteiger partial charge in [-0.3, -0.25) is 0 Å². The van der Waals surface area contributed by atoms with Gasteiger partial charge in [-0.2, -0.15) is 11.8 Å². The first kappa shape index (κ1) is 10.7. The van der Waals surface area contributed by atoms with Gasteiger partial charge in [0.25, 0.3) is 0 Å². The number of thioether (sulfide) groups is 1.